The molecular weight excluding hydrogens is 148 g/mol. The summed E-state index contributed by atoms with van der Waals surface area (Å²) in [5.74, 6) is 0.719. The van der Waals surface area contributed by atoms with Gasteiger partial charge in [-0.05, 0) is 12.3 Å². The van der Waals surface area contributed by atoms with Crippen LogP contribution in [0.1, 0.15) is 20.3 Å². The Bertz CT molecular complexity index is 117. The lowest BCUT2D eigenvalue weighted by molar-refractivity contribution is 0.825. The molecule has 0 fully saturated rings. The molecule has 0 aliphatic carbocycles. The Balaban J connectivity index is 3.42. The first-order valence-electron chi connectivity index (χ1n) is 4.58. The average Bonchev–Trinajstić information content (AvgIpc) is 1.78. The highest BCUT2D eigenvalue weighted by atomic mass is 28.3. The molecule has 0 spiro atoms. The Morgan fingerprint density at radius 1 is 1.18 bits per heavy atom. The minimum absolute atomic E-state index is 0.719. The van der Waals surface area contributed by atoms with Crippen LogP contribution in [0.3, 0.4) is 0 Å². The van der Waals surface area contributed by atoms with Crippen LogP contribution in [0, 0.1) is 5.92 Å². The molecule has 66 valence electrons. The SMILES string of the molecule is CC(C)C=CCC[Si](C)(C)C. The van der Waals surface area contributed by atoms with Crippen molar-refractivity contribution in [1.29, 1.82) is 0 Å². The van der Waals surface area contributed by atoms with Gasteiger partial charge in [-0.1, -0.05) is 51.7 Å². The summed E-state index contributed by atoms with van der Waals surface area (Å²) in [4.78, 5) is 0. The molecule has 0 saturated heterocycles. The summed E-state index contributed by atoms with van der Waals surface area (Å²) < 4.78 is 0. The topological polar surface area (TPSA) is 0 Å². The monoisotopic (exact) mass is 170 g/mol. The van der Waals surface area contributed by atoms with Crippen molar-refractivity contribution in [3.05, 3.63) is 12.2 Å². The van der Waals surface area contributed by atoms with Crippen molar-refractivity contribution >= 4 is 8.07 Å². The Morgan fingerprint density at radius 3 is 2.09 bits per heavy atom. The highest BCUT2D eigenvalue weighted by Crippen LogP contribution is 2.11. The van der Waals surface area contributed by atoms with Crippen molar-refractivity contribution in [2.24, 2.45) is 5.92 Å². The molecule has 0 nitrogen and oxygen atoms in total. The van der Waals surface area contributed by atoms with Crippen molar-refractivity contribution in [2.45, 2.75) is 46.0 Å². The van der Waals surface area contributed by atoms with Gasteiger partial charge in [0.05, 0.1) is 0 Å². The molecule has 0 aromatic heterocycles. The largest absolute Gasteiger partial charge is 0.0886 e. The number of hydrogen-bond acceptors (Lipinski definition) is 0. The normalized spacial score (nSPS) is 13.3. The Hall–Kier alpha value is -0.0431. The smallest absolute Gasteiger partial charge is 0.0445 e. The third-order valence-electron chi connectivity index (χ3n) is 1.58. The summed E-state index contributed by atoms with van der Waals surface area (Å²) in [7, 11) is -0.780. The molecule has 0 N–H and O–H groups in total. The zero-order valence-electron chi connectivity index (χ0n) is 8.65. The molecule has 0 aliphatic heterocycles. The maximum Gasteiger partial charge on any atom is 0.0445 e. The van der Waals surface area contributed by atoms with Crippen molar-refractivity contribution in [3.8, 4) is 0 Å². The molecule has 0 heterocycles. The summed E-state index contributed by atoms with van der Waals surface area (Å²) in [6.07, 6.45) is 5.93. The van der Waals surface area contributed by atoms with Crippen LogP contribution >= 0.6 is 0 Å². The van der Waals surface area contributed by atoms with Crippen LogP contribution in [0.2, 0.25) is 25.7 Å². The third-order valence-corrected chi connectivity index (χ3v) is 3.37. The van der Waals surface area contributed by atoms with Gasteiger partial charge in [0.1, 0.15) is 0 Å². The first kappa shape index (κ1) is 11.0. The van der Waals surface area contributed by atoms with Crippen LogP contribution in [-0.2, 0) is 0 Å². The fourth-order valence-corrected chi connectivity index (χ4v) is 1.92. The van der Waals surface area contributed by atoms with E-state index >= 15 is 0 Å². The van der Waals surface area contributed by atoms with Crippen LogP contribution in [0.15, 0.2) is 12.2 Å². The van der Waals surface area contributed by atoms with Crippen LogP contribution in [0.25, 0.3) is 0 Å². The van der Waals surface area contributed by atoms with Gasteiger partial charge in [-0.2, -0.15) is 0 Å². The van der Waals surface area contributed by atoms with Crippen molar-refractivity contribution in [2.75, 3.05) is 0 Å². The summed E-state index contributed by atoms with van der Waals surface area (Å²) in [5, 5.41) is 0. The van der Waals surface area contributed by atoms with E-state index in [0.717, 1.165) is 5.92 Å². The molecule has 0 aromatic rings. The minimum atomic E-state index is -0.780. The van der Waals surface area contributed by atoms with E-state index in [1.54, 1.807) is 0 Å². The molecule has 11 heavy (non-hydrogen) atoms. The van der Waals surface area contributed by atoms with Gasteiger partial charge in [0.2, 0.25) is 0 Å². The molecule has 0 bridgehead atoms. The quantitative estimate of drug-likeness (QED) is 0.443. The van der Waals surface area contributed by atoms with E-state index in [-0.39, 0.29) is 0 Å². The Labute approximate surface area is 72.7 Å². The predicted molar refractivity (Wildman–Crippen MR) is 56.7 cm³/mol. The van der Waals surface area contributed by atoms with Crippen LogP contribution in [0.5, 0.6) is 0 Å². The van der Waals surface area contributed by atoms with E-state index in [4.69, 9.17) is 0 Å². The second-order valence-corrected chi connectivity index (χ2v) is 10.4. The maximum atomic E-state index is 2.43. The van der Waals surface area contributed by atoms with Crippen molar-refractivity contribution in [1.82, 2.24) is 0 Å². The van der Waals surface area contributed by atoms with E-state index in [1.807, 2.05) is 0 Å². The first-order valence-corrected chi connectivity index (χ1v) is 8.29. The van der Waals surface area contributed by atoms with Gasteiger partial charge in [-0.3, -0.25) is 0 Å². The standard InChI is InChI=1S/C10H22Si/c1-10(2)8-6-7-9-11(3,4)5/h6,8,10H,7,9H2,1-5H3. The first-order chi connectivity index (χ1) is 4.92. The zero-order chi connectivity index (χ0) is 8.91. The van der Waals surface area contributed by atoms with Gasteiger partial charge in [-0.15, -0.1) is 0 Å². The fourth-order valence-electron chi connectivity index (χ4n) is 0.885. The molecule has 0 saturated carbocycles. The lowest BCUT2D eigenvalue weighted by Crippen LogP contribution is -2.18. The Kier molecular flexibility index (Phi) is 4.74. The van der Waals surface area contributed by atoms with Gasteiger partial charge >= 0.3 is 0 Å². The van der Waals surface area contributed by atoms with Gasteiger partial charge in [0.15, 0.2) is 0 Å². The lowest BCUT2D eigenvalue weighted by Gasteiger charge is -2.13. The van der Waals surface area contributed by atoms with E-state index in [9.17, 15) is 0 Å². The average molecular weight is 170 g/mol. The van der Waals surface area contributed by atoms with Gasteiger partial charge in [0, 0.05) is 8.07 Å². The summed E-state index contributed by atoms with van der Waals surface area (Å²) >= 11 is 0. The van der Waals surface area contributed by atoms with E-state index in [0.29, 0.717) is 0 Å². The Morgan fingerprint density at radius 2 is 1.73 bits per heavy atom. The van der Waals surface area contributed by atoms with E-state index in [1.165, 1.54) is 12.5 Å². The van der Waals surface area contributed by atoms with Gasteiger partial charge in [0.25, 0.3) is 0 Å². The minimum Gasteiger partial charge on any atom is -0.0886 e. The predicted octanol–water partition coefficient (Wildman–Crippen LogP) is 3.93. The lowest BCUT2D eigenvalue weighted by atomic mass is 10.2. The summed E-state index contributed by atoms with van der Waals surface area (Å²) in [6, 6.07) is 1.43. The van der Waals surface area contributed by atoms with Crippen molar-refractivity contribution in [3.63, 3.8) is 0 Å². The van der Waals surface area contributed by atoms with E-state index in [2.05, 4.69) is 45.6 Å². The number of rotatable bonds is 4. The third kappa shape index (κ3) is 9.96. The van der Waals surface area contributed by atoms with Gasteiger partial charge in [-0.25, -0.2) is 0 Å². The van der Waals surface area contributed by atoms with E-state index < -0.39 is 8.07 Å². The number of allylic oxidation sites excluding steroid dienone is 2. The van der Waals surface area contributed by atoms with Crippen LogP contribution in [-0.4, -0.2) is 8.07 Å². The molecule has 1 heteroatoms. The maximum absolute atomic E-state index is 2.43. The molecule has 0 aliphatic rings. The fraction of sp³-hybridized carbons (Fsp3) is 0.800. The zero-order valence-corrected chi connectivity index (χ0v) is 9.65. The molecule has 0 rings (SSSR count). The van der Waals surface area contributed by atoms with Crippen molar-refractivity contribution < 1.29 is 0 Å². The second-order valence-electron chi connectivity index (χ2n) is 4.77. The molecule has 0 atom stereocenters. The second kappa shape index (κ2) is 4.76. The summed E-state index contributed by atoms with van der Waals surface area (Å²) in [5.41, 5.74) is 0. The van der Waals surface area contributed by atoms with Crippen LogP contribution in [0.4, 0.5) is 0 Å². The number of hydrogen-bond donors (Lipinski definition) is 0. The highest BCUT2D eigenvalue weighted by molar-refractivity contribution is 6.76. The van der Waals surface area contributed by atoms with Gasteiger partial charge < -0.3 is 0 Å². The molecule has 0 amide bonds. The molecule has 0 aromatic carbocycles. The summed E-state index contributed by atoms with van der Waals surface area (Å²) in [6.45, 7) is 11.7. The highest BCUT2D eigenvalue weighted by Gasteiger charge is 2.10. The molecule has 0 radical (unpaired) electrons. The van der Waals surface area contributed by atoms with Crippen LogP contribution < -0.4 is 0 Å². The molecular formula is C10H22Si. The molecule has 0 unspecified atom stereocenters.